The number of carbonyl (C=O) groups excluding carboxylic acids is 2. The first kappa shape index (κ1) is 33.5. The third-order valence-electron chi connectivity index (χ3n) is 7.72. The van der Waals surface area contributed by atoms with E-state index < -0.39 is 12.0 Å². The van der Waals surface area contributed by atoms with Crippen LogP contribution in [0.2, 0.25) is 0 Å². The summed E-state index contributed by atoms with van der Waals surface area (Å²) in [5.74, 6) is -0.0157. The van der Waals surface area contributed by atoms with Crippen LogP contribution in [0.5, 0.6) is 0 Å². The normalized spacial score (nSPS) is 14.4. The molecule has 0 saturated heterocycles. The van der Waals surface area contributed by atoms with Crippen LogP contribution in [-0.4, -0.2) is 43.0 Å². The van der Waals surface area contributed by atoms with Crippen molar-refractivity contribution in [2.24, 2.45) is 5.92 Å². The molecule has 2 aromatic rings. The maximum atomic E-state index is 13.2. The molecule has 0 bridgehead atoms. The van der Waals surface area contributed by atoms with E-state index in [1.165, 1.54) is 56.9 Å². The second kappa shape index (κ2) is 18.6. The van der Waals surface area contributed by atoms with Gasteiger partial charge in [0.25, 0.3) is 5.91 Å². The molecule has 0 unspecified atom stereocenters. The van der Waals surface area contributed by atoms with E-state index in [1.807, 2.05) is 49.6 Å². The molecule has 1 aliphatic carbocycles. The monoisotopic (exact) mass is 544 g/mol. The quantitative estimate of drug-likeness (QED) is 0.251. The zero-order valence-corrected chi connectivity index (χ0v) is 25.0. The molecule has 0 aliphatic heterocycles. The molecular weight excluding hydrogens is 499 g/mol. The minimum absolute atomic E-state index is 0. The Hall–Kier alpha value is -1.71. The van der Waals surface area contributed by atoms with Gasteiger partial charge in [0.2, 0.25) is 0 Å². The first-order valence-electron chi connectivity index (χ1n) is 14.4. The molecule has 5 nitrogen and oxygen atoms in total. The predicted molar refractivity (Wildman–Crippen MR) is 157 cm³/mol. The number of thioether (sulfide) groups is 1. The molecule has 1 atom stereocenters. The van der Waals surface area contributed by atoms with Crippen molar-refractivity contribution in [2.45, 2.75) is 83.6 Å². The van der Waals surface area contributed by atoms with Gasteiger partial charge >= 0.3 is 18.9 Å². The van der Waals surface area contributed by atoms with Crippen molar-refractivity contribution in [1.29, 1.82) is 0 Å². The van der Waals surface area contributed by atoms with Crippen LogP contribution >= 0.6 is 11.8 Å². The molecule has 1 aliphatic rings. The topological polar surface area (TPSA) is 81.3 Å². The molecule has 0 radical (unpaired) electrons. The Balaban J connectivity index is 0.00000533. The Bertz CT molecular complexity index is 1030. The van der Waals surface area contributed by atoms with Crippen LogP contribution in [0.1, 0.15) is 85.7 Å². The van der Waals surface area contributed by atoms with Gasteiger partial charge in [-0.05, 0) is 91.9 Å². The molecule has 39 heavy (non-hydrogen) atoms. The number of aliphatic carboxylic acids is 1. The number of nitrogens with one attached hydrogen (secondary N) is 2. The number of carboxylic acid groups (broad SMARTS) is 1. The Morgan fingerprint density at radius 1 is 1.00 bits per heavy atom. The average Bonchev–Trinajstić information content (AvgIpc) is 2.93. The van der Waals surface area contributed by atoms with E-state index in [0.717, 1.165) is 48.5 Å². The molecule has 0 aromatic heterocycles. The van der Waals surface area contributed by atoms with E-state index in [1.54, 1.807) is 11.8 Å². The molecule has 208 valence electrons. The number of amides is 1. The molecular formula is C32H45LiN2O3S. The van der Waals surface area contributed by atoms with E-state index in [2.05, 4.69) is 16.7 Å². The molecule has 1 saturated carbocycles. The van der Waals surface area contributed by atoms with Gasteiger partial charge < -0.3 is 20.5 Å². The van der Waals surface area contributed by atoms with Gasteiger partial charge in [0.15, 0.2) is 0 Å². The van der Waals surface area contributed by atoms with Crippen molar-refractivity contribution >= 4 is 23.6 Å². The van der Waals surface area contributed by atoms with Crippen molar-refractivity contribution in [3.05, 3.63) is 59.2 Å². The number of carbonyl (C=O) groups is 2. The van der Waals surface area contributed by atoms with E-state index >= 15 is 0 Å². The van der Waals surface area contributed by atoms with Crippen LogP contribution in [0.15, 0.2) is 42.5 Å². The van der Waals surface area contributed by atoms with Crippen molar-refractivity contribution < 1.29 is 33.6 Å². The average molecular weight is 545 g/mol. The first-order valence-corrected chi connectivity index (χ1v) is 15.8. The molecule has 1 amide bonds. The molecule has 0 spiro atoms. The second-order valence-corrected chi connectivity index (χ2v) is 11.7. The summed E-state index contributed by atoms with van der Waals surface area (Å²) in [5, 5.41) is 17.9. The van der Waals surface area contributed by atoms with Crippen LogP contribution in [0, 0.1) is 12.8 Å². The zero-order valence-electron chi connectivity index (χ0n) is 24.2. The predicted octanol–water partition coefficient (Wildman–Crippen LogP) is 2.54. The standard InChI is InChI=1S/C32H46N2O3S.Li/c1-24-11-6-7-16-27(24)29-23-26(15-10-21-33-20-9-8-14-25-12-4-3-5-13-25)17-18-28(29)31(35)34-30(32(36)37)19-22-38-2;/h6-7,11,16-18,23,25,30,33H,3-5,8-10,12-15,19-22H2,1-2H3,(H,34,35)(H,36,37);/q;+1/p-1/t30-;/m0./s1. The number of benzene rings is 2. The Labute approximate surface area is 251 Å². The van der Waals surface area contributed by atoms with Crippen LogP contribution < -0.4 is 34.6 Å². The summed E-state index contributed by atoms with van der Waals surface area (Å²) in [6.07, 6.45) is 15.3. The van der Waals surface area contributed by atoms with Crippen molar-refractivity contribution in [3.8, 4) is 11.1 Å². The van der Waals surface area contributed by atoms with Gasteiger partial charge in [-0.2, -0.15) is 11.8 Å². The fourth-order valence-electron chi connectivity index (χ4n) is 5.46. The van der Waals surface area contributed by atoms with E-state index in [0.29, 0.717) is 17.7 Å². The van der Waals surface area contributed by atoms with Gasteiger partial charge in [-0.15, -0.1) is 0 Å². The number of hydrogen-bond acceptors (Lipinski definition) is 5. The van der Waals surface area contributed by atoms with Gasteiger partial charge in [0.1, 0.15) is 0 Å². The van der Waals surface area contributed by atoms with E-state index in [9.17, 15) is 14.7 Å². The maximum absolute atomic E-state index is 13.2. The minimum atomic E-state index is -1.25. The van der Waals surface area contributed by atoms with Crippen LogP contribution in [0.3, 0.4) is 0 Å². The summed E-state index contributed by atoms with van der Waals surface area (Å²) in [5.41, 5.74) is 4.58. The summed E-state index contributed by atoms with van der Waals surface area (Å²) in [7, 11) is 0. The summed E-state index contributed by atoms with van der Waals surface area (Å²) < 4.78 is 0. The third kappa shape index (κ3) is 11.4. The molecule has 1 fully saturated rings. The molecule has 2 N–H and O–H groups in total. The van der Waals surface area contributed by atoms with Crippen LogP contribution in [0.4, 0.5) is 0 Å². The zero-order chi connectivity index (χ0) is 27.2. The van der Waals surface area contributed by atoms with Crippen molar-refractivity contribution in [1.82, 2.24) is 10.6 Å². The number of aryl methyl sites for hydroxylation is 2. The number of unbranched alkanes of at least 4 members (excludes halogenated alkanes) is 1. The Kier molecular flexibility index (Phi) is 16.0. The molecule has 2 aromatic carbocycles. The summed E-state index contributed by atoms with van der Waals surface area (Å²) in [6.45, 7) is 4.09. The Morgan fingerprint density at radius 2 is 1.74 bits per heavy atom. The molecule has 0 heterocycles. The largest absolute Gasteiger partial charge is 1.00 e. The summed E-state index contributed by atoms with van der Waals surface area (Å²) in [4.78, 5) is 24.8. The van der Waals surface area contributed by atoms with Crippen molar-refractivity contribution in [3.63, 3.8) is 0 Å². The third-order valence-corrected chi connectivity index (χ3v) is 8.37. The maximum Gasteiger partial charge on any atom is 1.00 e. The smallest absolute Gasteiger partial charge is 0.548 e. The fourth-order valence-corrected chi connectivity index (χ4v) is 5.94. The van der Waals surface area contributed by atoms with Gasteiger partial charge in [-0.3, -0.25) is 4.79 Å². The summed E-state index contributed by atoms with van der Waals surface area (Å²) >= 11 is 1.55. The molecule has 3 rings (SSSR count). The van der Waals surface area contributed by atoms with Crippen molar-refractivity contribution in [2.75, 3.05) is 25.1 Å². The SMILES string of the molecule is CSCC[C@H](NC(=O)c1ccc(CCCNCCCCC2CCCCC2)cc1-c1ccccc1C)C(=O)[O-].[Li+]. The number of rotatable bonds is 16. The van der Waals surface area contributed by atoms with Gasteiger partial charge in [-0.25, -0.2) is 0 Å². The number of hydrogen-bond donors (Lipinski definition) is 2. The fraction of sp³-hybridized carbons (Fsp3) is 0.562. The van der Waals surface area contributed by atoms with E-state index in [-0.39, 0.29) is 24.8 Å². The van der Waals surface area contributed by atoms with Gasteiger partial charge in [0.05, 0.1) is 12.0 Å². The van der Waals surface area contributed by atoms with Gasteiger partial charge in [0, 0.05) is 5.56 Å². The van der Waals surface area contributed by atoms with E-state index in [4.69, 9.17) is 0 Å². The van der Waals surface area contributed by atoms with Gasteiger partial charge in [-0.1, -0.05) is 81.3 Å². The first-order chi connectivity index (χ1) is 18.5. The van der Waals surface area contributed by atoms with Crippen LogP contribution in [-0.2, 0) is 11.2 Å². The second-order valence-electron chi connectivity index (χ2n) is 10.7. The Morgan fingerprint density at radius 3 is 2.46 bits per heavy atom. The minimum Gasteiger partial charge on any atom is -0.548 e. The molecule has 7 heteroatoms. The summed E-state index contributed by atoms with van der Waals surface area (Å²) in [6, 6.07) is 12.9. The number of carboxylic acids is 1. The van der Waals surface area contributed by atoms with Crippen LogP contribution in [0.25, 0.3) is 11.1 Å².